The summed E-state index contributed by atoms with van der Waals surface area (Å²) in [5, 5.41) is 7.55. The van der Waals surface area contributed by atoms with Crippen LogP contribution in [0.25, 0.3) is 0 Å². The summed E-state index contributed by atoms with van der Waals surface area (Å²) in [5.41, 5.74) is 3.46. The van der Waals surface area contributed by atoms with Gasteiger partial charge in [0.25, 0.3) is 0 Å². The molecule has 14 nitrogen and oxygen atoms in total. The van der Waals surface area contributed by atoms with Gasteiger partial charge in [0.1, 0.15) is 21.1 Å². The Kier molecular flexibility index (Phi) is 15.2. The minimum atomic E-state index is -4.53. The highest BCUT2D eigenvalue weighted by Crippen LogP contribution is 2.34. The number of halogens is 3. The highest BCUT2D eigenvalue weighted by molar-refractivity contribution is 7.94. The molecule has 0 bridgehead atoms. The van der Waals surface area contributed by atoms with Crippen molar-refractivity contribution in [3.63, 3.8) is 0 Å². The van der Waals surface area contributed by atoms with Gasteiger partial charge in [-0.05, 0) is 65.5 Å². The minimum Gasteiger partial charge on any atom is -0.381 e. The van der Waals surface area contributed by atoms with Gasteiger partial charge in [-0.1, -0.05) is 45.7 Å². The average Bonchev–Trinajstić information content (AvgIpc) is 3.79. The lowest BCUT2D eigenvalue weighted by atomic mass is 9.93. The number of primary amides is 1. The van der Waals surface area contributed by atoms with Crippen LogP contribution in [0.4, 0.5) is 24.8 Å². The third-order valence-corrected chi connectivity index (χ3v) is 15.0. The molecule has 1 saturated heterocycles. The van der Waals surface area contributed by atoms with Crippen LogP contribution in [0.5, 0.6) is 0 Å². The number of ether oxygens (including phenoxy) is 1. The lowest BCUT2D eigenvalue weighted by molar-refractivity contribution is -0.137. The topological polar surface area (TPSA) is 218 Å². The fraction of sp³-hybridized carbons (Fsp3) is 0.676. The van der Waals surface area contributed by atoms with E-state index in [0.717, 1.165) is 25.0 Å². The van der Waals surface area contributed by atoms with E-state index in [4.69, 9.17) is 9.26 Å². The highest BCUT2D eigenvalue weighted by Gasteiger charge is 2.48. The molecular formula is C34H52F3N5O9S2. The molecule has 0 atom stereocenters. The molecule has 1 aliphatic carbocycles. The van der Waals surface area contributed by atoms with Crippen molar-refractivity contribution >= 4 is 49.0 Å². The van der Waals surface area contributed by atoms with E-state index >= 15 is 0 Å². The lowest BCUT2D eigenvalue weighted by Gasteiger charge is -2.30. The summed E-state index contributed by atoms with van der Waals surface area (Å²) in [7, 11) is -7.36. The molecule has 0 spiro atoms. The van der Waals surface area contributed by atoms with Crippen LogP contribution in [0, 0.1) is 0 Å². The molecule has 1 aliphatic heterocycles. The third kappa shape index (κ3) is 11.7. The summed E-state index contributed by atoms with van der Waals surface area (Å²) in [6.07, 6.45) is 0.00230. The number of rotatable bonds is 9. The molecule has 3 amide bonds. The van der Waals surface area contributed by atoms with Gasteiger partial charge in [-0.2, -0.15) is 13.2 Å². The van der Waals surface area contributed by atoms with E-state index in [2.05, 4.69) is 26.5 Å². The number of carbonyl (C=O) groups excluding carboxylic acids is 3. The fourth-order valence-corrected chi connectivity index (χ4v) is 9.19. The van der Waals surface area contributed by atoms with Crippen molar-refractivity contribution in [3.8, 4) is 0 Å². The van der Waals surface area contributed by atoms with Gasteiger partial charge in [-0.15, -0.1) is 0 Å². The lowest BCUT2D eigenvalue weighted by Crippen LogP contribution is -2.50. The van der Waals surface area contributed by atoms with Crippen LogP contribution >= 0.6 is 0 Å². The van der Waals surface area contributed by atoms with Crippen LogP contribution in [-0.2, 0) is 50.4 Å². The Morgan fingerprint density at radius 2 is 1.26 bits per heavy atom. The van der Waals surface area contributed by atoms with Crippen molar-refractivity contribution in [2.24, 2.45) is 5.73 Å². The van der Waals surface area contributed by atoms with Crippen molar-refractivity contribution in [3.05, 3.63) is 35.7 Å². The van der Waals surface area contributed by atoms with Gasteiger partial charge >= 0.3 is 6.18 Å². The first-order chi connectivity index (χ1) is 24.2. The first-order valence-electron chi connectivity index (χ1n) is 17.2. The van der Waals surface area contributed by atoms with Gasteiger partial charge in [0.15, 0.2) is 25.5 Å². The SMILES string of the molecule is CC(C)(C(=O)Nc1ccc(C(F)(F)F)cn1)S(=O)(=O)C1CCCC1.CC(C)(C)c1cc(NC(=O)C(C)(C)S(=O)(=O)C2CCOCC2)no1.CCC(N)=O. The van der Waals surface area contributed by atoms with E-state index in [1.807, 2.05) is 20.8 Å². The number of hydrogen-bond donors (Lipinski definition) is 3. The molecule has 4 N–H and O–H groups in total. The van der Waals surface area contributed by atoms with Crippen LogP contribution in [0.2, 0.25) is 0 Å². The Morgan fingerprint density at radius 3 is 1.64 bits per heavy atom. The third-order valence-electron chi connectivity index (χ3n) is 9.04. The Morgan fingerprint density at radius 1 is 0.811 bits per heavy atom. The standard InChI is InChI=1S/C16H26N2O5S.C15H19F3N2O3S.C3H7NO/c1-15(2,3)12-10-13(18-23-12)17-14(19)16(4,5)24(20,21)11-6-8-22-9-7-11;1-14(2,24(22,23)11-5-3-4-6-11)13(21)20-12-8-7-10(9-19-12)15(16,17)18;1-2-3(4)5/h10-11H,6-9H2,1-5H3,(H,17,18,19);7-9,11H,3-6H2,1-2H3,(H,19,20,21);2H2,1H3,(H2,4,5). The number of nitrogens with two attached hydrogens (primary N) is 1. The van der Waals surface area contributed by atoms with Gasteiger partial charge in [0.2, 0.25) is 17.7 Å². The summed E-state index contributed by atoms with van der Waals surface area (Å²) in [6.45, 7) is 13.9. The van der Waals surface area contributed by atoms with E-state index < -0.39 is 63.2 Å². The molecule has 2 aromatic rings. The number of amides is 3. The van der Waals surface area contributed by atoms with Crippen LogP contribution in [0.3, 0.4) is 0 Å². The predicted molar refractivity (Wildman–Crippen MR) is 193 cm³/mol. The molecular weight excluding hydrogens is 744 g/mol. The molecule has 3 heterocycles. The smallest absolute Gasteiger partial charge is 0.381 e. The maximum atomic E-state index is 12.8. The second-order valence-corrected chi connectivity index (χ2v) is 20.4. The number of nitrogens with zero attached hydrogens (tertiary/aromatic N) is 2. The van der Waals surface area contributed by atoms with Crippen molar-refractivity contribution < 1.29 is 53.7 Å². The van der Waals surface area contributed by atoms with Crippen molar-refractivity contribution in [2.45, 2.75) is 132 Å². The van der Waals surface area contributed by atoms with Crippen molar-refractivity contribution in [1.82, 2.24) is 10.1 Å². The molecule has 300 valence electrons. The maximum Gasteiger partial charge on any atom is 0.417 e. The zero-order chi connectivity index (χ0) is 40.6. The second kappa shape index (κ2) is 17.7. The molecule has 2 aromatic heterocycles. The van der Waals surface area contributed by atoms with Gasteiger partial charge in [-0.25, -0.2) is 21.8 Å². The molecule has 0 radical (unpaired) electrons. The molecule has 2 fully saturated rings. The normalized spacial score (nSPS) is 16.4. The monoisotopic (exact) mass is 795 g/mol. The second-order valence-electron chi connectivity index (χ2n) is 14.8. The average molecular weight is 796 g/mol. The first kappa shape index (κ1) is 45.6. The number of pyridine rings is 1. The summed E-state index contributed by atoms with van der Waals surface area (Å²) >= 11 is 0. The number of hydrogen-bond acceptors (Lipinski definition) is 11. The number of alkyl halides is 3. The summed E-state index contributed by atoms with van der Waals surface area (Å²) in [5.74, 6) is -0.944. The van der Waals surface area contributed by atoms with Crippen molar-refractivity contribution in [1.29, 1.82) is 0 Å². The van der Waals surface area contributed by atoms with Crippen LogP contribution in [-0.4, -0.2) is 77.9 Å². The summed E-state index contributed by atoms with van der Waals surface area (Å²) in [6, 6.07) is 3.40. The van der Waals surface area contributed by atoms with Gasteiger partial charge in [0.05, 0.1) is 16.1 Å². The summed E-state index contributed by atoms with van der Waals surface area (Å²) < 4.78 is 95.6. The number of aromatic nitrogens is 2. The number of nitrogens with one attached hydrogen (secondary N) is 2. The first-order valence-corrected chi connectivity index (χ1v) is 20.2. The maximum absolute atomic E-state index is 12.8. The van der Waals surface area contributed by atoms with Gasteiger partial charge in [0, 0.05) is 37.3 Å². The van der Waals surface area contributed by atoms with E-state index in [-0.39, 0.29) is 23.0 Å². The molecule has 2 aliphatic rings. The van der Waals surface area contributed by atoms with Crippen molar-refractivity contribution in [2.75, 3.05) is 23.8 Å². The quantitative estimate of drug-likeness (QED) is 0.294. The minimum absolute atomic E-state index is 0.123. The Hall–Kier alpha value is -3.58. The Bertz CT molecular complexity index is 1770. The van der Waals surface area contributed by atoms with Crippen LogP contribution < -0.4 is 16.4 Å². The van der Waals surface area contributed by atoms with Crippen LogP contribution in [0.15, 0.2) is 28.9 Å². The Balaban J connectivity index is 0.000000325. The molecule has 0 unspecified atom stereocenters. The largest absolute Gasteiger partial charge is 0.417 e. The van der Waals surface area contributed by atoms with Gasteiger partial charge in [-0.3, -0.25) is 14.4 Å². The van der Waals surface area contributed by atoms with E-state index in [1.165, 1.54) is 27.7 Å². The molecule has 4 rings (SSSR count). The number of carbonyl (C=O) groups is 3. The van der Waals surface area contributed by atoms with Crippen LogP contribution in [0.1, 0.15) is 112 Å². The zero-order valence-electron chi connectivity index (χ0n) is 31.4. The molecule has 19 heteroatoms. The molecule has 53 heavy (non-hydrogen) atoms. The summed E-state index contributed by atoms with van der Waals surface area (Å²) in [4.78, 5) is 38.1. The predicted octanol–water partition coefficient (Wildman–Crippen LogP) is 5.34. The fourth-order valence-electron chi connectivity index (χ4n) is 5.13. The molecule has 0 aromatic carbocycles. The Labute approximate surface area is 309 Å². The van der Waals surface area contributed by atoms with Gasteiger partial charge < -0.3 is 25.6 Å². The van der Waals surface area contributed by atoms with E-state index in [1.54, 1.807) is 13.0 Å². The number of sulfone groups is 2. The number of anilines is 2. The molecule has 1 saturated carbocycles. The van der Waals surface area contributed by atoms with E-state index in [0.29, 0.717) is 57.3 Å². The zero-order valence-corrected chi connectivity index (χ0v) is 33.1. The highest BCUT2D eigenvalue weighted by atomic mass is 32.2. The van der Waals surface area contributed by atoms with E-state index in [9.17, 15) is 44.4 Å².